The summed E-state index contributed by atoms with van der Waals surface area (Å²) in [6.07, 6.45) is 4.54. The van der Waals surface area contributed by atoms with Gasteiger partial charge in [0.15, 0.2) is 0 Å². The molecule has 1 aromatic carbocycles. The summed E-state index contributed by atoms with van der Waals surface area (Å²) in [4.78, 5) is 16.4. The third-order valence-corrected chi connectivity index (χ3v) is 4.03. The van der Waals surface area contributed by atoms with Crippen LogP contribution in [-0.4, -0.2) is 30.1 Å². The van der Waals surface area contributed by atoms with Gasteiger partial charge in [0.25, 0.3) is 0 Å². The maximum absolute atomic E-state index is 12.1. The van der Waals surface area contributed by atoms with E-state index in [0.29, 0.717) is 12.1 Å². The Morgan fingerprint density at radius 1 is 1.33 bits per heavy atom. The number of hydrogen-bond donors (Lipinski definition) is 2. The zero-order valence-electron chi connectivity index (χ0n) is 13.9. The molecule has 1 aliphatic rings. The maximum Gasteiger partial charge on any atom is 0.228 e. The van der Waals surface area contributed by atoms with E-state index < -0.39 is 0 Å². The first-order chi connectivity index (χ1) is 11.7. The maximum atomic E-state index is 12.1. The van der Waals surface area contributed by atoms with Gasteiger partial charge in [-0.05, 0) is 37.5 Å². The summed E-state index contributed by atoms with van der Waals surface area (Å²) in [7, 11) is 0. The van der Waals surface area contributed by atoms with Crippen molar-refractivity contribution >= 4 is 17.4 Å². The van der Waals surface area contributed by atoms with Crippen molar-refractivity contribution in [3.8, 4) is 0 Å². The third-order valence-electron chi connectivity index (χ3n) is 4.03. The number of benzene rings is 1. The lowest BCUT2D eigenvalue weighted by molar-refractivity contribution is -0.115. The first kappa shape index (κ1) is 16.5. The number of nitrogens with zero attached hydrogens (tertiary/aromatic N) is 1. The Morgan fingerprint density at radius 2 is 2.25 bits per heavy atom. The molecule has 126 valence electrons. The second kappa shape index (κ2) is 7.93. The standard InChI is InChI=1S/C19H23N3O2/c1-14-4-2-5-15(10-14)11-19(23)22-16-7-8-18(20-12-16)21-13-17-6-3-9-24-17/h2,4-5,7-8,10,12,17H,3,6,9,11,13H2,1H3,(H,20,21)(H,22,23). The van der Waals surface area contributed by atoms with Gasteiger partial charge >= 0.3 is 0 Å². The Morgan fingerprint density at radius 3 is 2.96 bits per heavy atom. The van der Waals surface area contributed by atoms with Crippen LogP contribution in [0.5, 0.6) is 0 Å². The van der Waals surface area contributed by atoms with Gasteiger partial charge in [0.1, 0.15) is 5.82 Å². The van der Waals surface area contributed by atoms with Gasteiger partial charge in [0, 0.05) is 13.2 Å². The molecule has 5 nitrogen and oxygen atoms in total. The van der Waals surface area contributed by atoms with Crippen LogP contribution in [0.25, 0.3) is 0 Å². The van der Waals surface area contributed by atoms with E-state index in [9.17, 15) is 4.79 Å². The number of carbonyl (C=O) groups is 1. The van der Waals surface area contributed by atoms with E-state index in [1.165, 1.54) is 0 Å². The minimum atomic E-state index is -0.0394. The summed E-state index contributed by atoms with van der Waals surface area (Å²) in [6.45, 7) is 3.64. The van der Waals surface area contributed by atoms with Crippen LogP contribution in [0.3, 0.4) is 0 Å². The van der Waals surface area contributed by atoms with Gasteiger partial charge < -0.3 is 15.4 Å². The number of aromatic nitrogens is 1. The molecular formula is C19H23N3O2. The van der Waals surface area contributed by atoms with E-state index >= 15 is 0 Å². The molecule has 2 heterocycles. The highest BCUT2D eigenvalue weighted by Gasteiger charge is 2.14. The summed E-state index contributed by atoms with van der Waals surface area (Å²) in [5.41, 5.74) is 2.87. The van der Waals surface area contributed by atoms with Crippen molar-refractivity contribution < 1.29 is 9.53 Å². The lowest BCUT2D eigenvalue weighted by atomic mass is 10.1. The highest BCUT2D eigenvalue weighted by Crippen LogP contribution is 2.14. The van der Waals surface area contributed by atoms with Crippen molar-refractivity contribution in [2.24, 2.45) is 0 Å². The lowest BCUT2D eigenvalue weighted by Gasteiger charge is -2.11. The second-order valence-corrected chi connectivity index (χ2v) is 6.16. The van der Waals surface area contributed by atoms with Crippen LogP contribution in [0.1, 0.15) is 24.0 Å². The first-order valence-electron chi connectivity index (χ1n) is 8.36. The Hall–Kier alpha value is -2.40. The molecule has 1 unspecified atom stereocenters. The van der Waals surface area contributed by atoms with E-state index in [4.69, 9.17) is 4.74 Å². The molecule has 5 heteroatoms. The zero-order valence-corrected chi connectivity index (χ0v) is 13.9. The molecule has 1 amide bonds. The van der Waals surface area contributed by atoms with Crippen LogP contribution < -0.4 is 10.6 Å². The van der Waals surface area contributed by atoms with Crippen molar-refractivity contribution in [3.63, 3.8) is 0 Å². The molecule has 24 heavy (non-hydrogen) atoms. The van der Waals surface area contributed by atoms with Crippen molar-refractivity contribution in [2.45, 2.75) is 32.3 Å². The largest absolute Gasteiger partial charge is 0.376 e. The van der Waals surface area contributed by atoms with Crippen molar-refractivity contribution in [2.75, 3.05) is 23.8 Å². The number of rotatable bonds is 6. The number of hydrogen-bond acceptors (Lipinski definition) is 4. The number of pyridine rings is 1. The fourth-order valence-corrected chi connectivity index (χ4v) is 2.81. The smallest absolute Gasteiger partial charge is 0.228 e. The summed E-state index contributed by atoms with van der Waals surface area (Å²) < 4.78 is 5.57. The molecule has 3 rings (SSSR count). The third kappa shape index (κ3) is 4.80. The molecule has 1 fully saturated rings. The number of nitrogens with one attached hydrogen (secondary N) is 2. The van der Waals surface area contributed by atoms with Crippen LogP contribution in [0.15, 0.2) is 42.6 Å². The number of carbonyl (C=O) groups excluding carboxylic acids is 1. The van der Waals surface area contributed by atoms with Crippen LogP contribution in [-0.2, 0) is 16.0 Å². The second-order valence-electron chi connectivity index (χ2n) is 6.16. The minimum Gasteiger partial charge on any atom is -0.376 e. The number of amides is 1. The van der Waals surface area contributed by atoms with Crippen LogP contribution in [0.4, 0.5) is 11.5 Å². The SMILES string of the molecule is Cc1cccc(CC(=O)Nc2ccc(NCC3CCCO3)nc2)c1. The van der Waals surface area contributed by atoms with Gasteiger partial charge in [-0.2, -0.15) is 0 Å². The van der Waals surface area contributed by atoms with E-state index in [2.05, 4.69) is 15.6 Å². The Kier molecular flexibility index (Phi) is 5.43. The Labute approximate surface area is 142 Å². The fraction of sp³-hybridized carbons (Fsp3) is 0.368. The minimum absolute atomic E-state index is 0.0394. The number of ether oxygens (including phenoxy) is 1. The lowest BCUT2D eigenvalue weighted by Crippen LogP contribution is -2.19. The summed E-state index contributed by atoms with van der Waals surface area (Å²) in [5, 5.41) is 6.14. The Balaban J connectivity index is 1.49. The molecule has 2 aromatic rings. The monoisotopic (exact) mass is 325 g/mol. The van der Waals surface area contributed by atoms with Crippen molar-refractivity contribution in [1.82, 2.24) is 4.98 Å². The van der Waals surface area contributed by atoms with E-state index in [1.54, 1.807) is 6.20 Å². The quantitative estimate of drug-likeness (QED) is 0.856. The molecule has 0 spiro atoms. The van der Waals surface area contributed by atoms with E-state index in [0.717, 1.165) is 42.9 Å². The van der Waals surface area contributed by atoms with Crippen LogP contribution in [0, 0.1) is 6.92 Å². The molecule has 1 saturated heterocycles. The average Bonchev–Trinajstić information content (AvgIpc) is 3.07. The van der Waals surface area contributed by atoms with E-state index in [1.807, 2.05) is 43.3 Å². The normalized spacial score (nSPS) is 16.8. The van der Waals surface area contributed by atoms with Gasteiger partial charge in [-0.15, -0.1) is 0 Å². The summed E-state index contributed by atoms with van der Waals surface area (Å²) in [5.74, 6) is 0.754. The molecule has 0 saturated carbocycles. The van der Waals surface area contributed by atoms with Crippen LogP contribution >= 0.6 is 0 Å². The topological polar surface area (TPSA) is 63.2 Å². The zero-order chi connectivity index (χ0) is 16.8. The van der Waals surface area contributed by atoms with Gasteiger partial charge in [0.05, 0.1) is 24.4 Å². The molecule has 1 atom stereocenters. The molecular weight excluding hydrogens is 302 g/mol. The highest BCUT2D eigenvalue weighted by atomic mass is 16.5. The van der Waals surface area contributed by atoms with Gasteiger partial charge in [-0.3, -0.25) is 4.79 Å². The first-order valence-corrected chi connectivity index (χ1v) is 8.36. The van der Waals surface area contributed by atoms with Crippen molar-refractivity contribution in [1.29, 1.82) is 0 Å². The molecule has 2 N–H and O–H groups in total. The van der Waals surface area contributed by atoms with E-state index in [-0.39, 0.29) is 12.0 Å². The Bertz CT molecular complexity index is 679. The summed E-state index contributed by atoms with van der Waals surface area (Å²) >= 11 is 0. The van der Waals surface area contributed by atoms with Crippen LogP contribution in [0.2, 0.25) is 0 Å². The molecule has 1 aromatic heterocycles. The highest BCUT2D eigenvalue weighted by molar-refractivity contribution is 5.92. The van der Waals surface area contributed by atoms with Gasteiger partial charge in [-0.1, -0.05) is 29.8 Å². The fourth-order valence-electron chi connectivity index (χ4n) is 2.81. The molecule has 0 radical (unpaired) electrons. The molecule has 1 aliphatic heterocycles. The molecule has 0 aliphatic carbocycles. The predicted molar refractivity (Wildman–Crippen MR) is 95.2 cm³/mol. The van der Waals surface area contributed by atoms with Gasteiger partial charge in [-0.25, -0.2) is 4.98 Å². The number of aryl methyl sites for hydroxylation is 1. The average molecular weight is 325 g/mol. The summed E-state index contributed by atoms with van der Waals surface area (Å²) in [6, 6.07) is 11.7. The molecule has 0 bridgehead atoms. The number of anilines is 2. The van der Waals surface area contributed by atoms with Crippen molar-refractivity contribution in [3.05, 3.63) is 53.7 Å². The predicted octanol–water partition coefficient (Wildman–Crippen LogP) is 3.16. The van der Waals surface area contributed by atoms with Gasteiger partial charge in [0.2, 0.25) is 5.91 Å².